The van der Waals surface area contributed by atoms with Crippen molar-refractivity contribution < 1.29 is 0 Å². The van der Waals surface area contributed by atoms with E-state index in [-0.39, 0.29) is 5.56 Å². The molecule has 5 nitrogen and oxygen atoms in total. The second-order valence-electron chi connectivity index (χ2n) is 3.58. The number of rotatable bonds is 4. The second-order valence-corrected chi connectivity index (χ2v) is 5.30. The van der Waals surface area contributed by atoms with Crippen LogP contribution in [0.25, 0.3) is 0 Å². The Morgan fingerprint density at radius 1 is 1.65 bits per heavy atom. The maximum atomic E-state index is 11.3. The Morgan fingerprint density at radius 3 is 3.18 bits per heavy atom. The number of aromatic nitrogens is 3. The fourth-order valence-corrected chi connectivity index (χ4v) is 2.36. The topological polar surface area (TPSA) is 70.7 Å². The molecule has 0 radical (unpaired) electrons. The molecule has 0 saturated heterocycles. The van der Waals surface area contributed by atoms with Gasteiger partial charge in [0.15, 0.2) is 0 Å². The van der Waals surface area contributed by atoms with Gasteiger partial charge in [-0.3, -0.25) is 4.79 Å². The Hall–Kier alpha value is -1.21. The number of thiazole rings is 1. The molecule has 0 aliphatic rings. The molecule has 0 aliphatic carbocycles. The first-order chi connectivity index (χ1) is 8.18. The van der Waals surface area contributed by atoms with Crippen LogP contribution >= 0.6 is 27.3 Å². The predicted molar refractivity (Wildman–Crippen MR) is 71.6 cm³/mol. The van der Waals surface area contributed by atoms with E-state index in [2.05, 4.69) is 43.4 Å². The number of hydrogen-bond donors (Lipinski definition) is 2. The number of anilines is 1. The summed E-state index contributed by atoms with van der Waals surface area (Å²) in [5.41, 5.74) is 0.453. The van der Waals surface area contributed by atoms with Crippen LogP contribution in [0.1, 0.15) is 17.8 Å². The Labute approximate surface area is 110 Å². The van der Waals surface area contributed by atoms with Crippen molar-refractivity contribution >= 4 is 33.0 Å². The summed E-state index contributed by atoms with van der Waals surface area (Å²) in [5, 5.41) is 12.3. The van der Waals surface area contributed by atoms with Crippen LogP contribution in [0, 0.1) is 0 Å². The highest BCUT2D eigenvalue weighted by Crippen LogP contribution is 2.20. The molecule has 0 saturated carbocycles. The van der Waals surface area contributed by atoms with E-state index in [1.54, 1.807) is 23.7 Å². The number of nitrogens with one attached hydrogen (secondary N) is 2. The minimum Gasteiger partial charge on any atom is -0.382 e. The van der Waals surface area contributed by atoms with Gasteiger partial charge in [-0.25, -0.2) is 10.1 Å². The molecule has 2 rings (SSSR count). The van der Waals surface area contributed by atoms with Crippen LogP contribution in [0.5, 0.6) is 0 Å². The average Bonchev–Trinajstić information content (AvgIpc) is 2.84. The van der Waals surface area contributed by atoms with Gasteiger partial charge in [-0.15, -0.1) is 11.3 Å². The zero-order valence-electron chi connectivity index (χ0n) is 9.11. The molecule has 0 bridgehead atoms. The lowest BCUT2D eigenvalue weighted by Crippen LogP contribution is -2.15. The minimum atomic E-state index is -0.239. The minimum absolute atomic E-state index is 0.239. The monoisotopic (exact) mass is 314 g/mol. The highest BCUT2D eigenvalue weighted by Gasteiger charge is 2.09. The molecule has 0 aromatic carbocycles. The largest absolute Gasteiger partial charge is 0.382 e. The lowest BCUT2D eigenvalue weighted by molar-refractivity contribution is 0.792. The van der Waals surface area contributed by atoms with E-state index in [0.29, 0.717) is 22.6 Å². The molecule has 2 heterocycles. The summed E-state index contributed by atoms with van der Waals surface area (Å²) in [6.45, 7) is 2.79. The number of halogens is 1. The molecule has 1 atom stereocenters. The van der Waals surface area contributed by atoms with Crippen LogP contribution < -0.4 is 10.9 Å². The predicted octanol–water partition coefficient (Wildman–Crippen LogP) is 2.20. The van der Waals surface area contributed by atoms with Crippen LogP contribution in [0.3, 0.4) is 0 Å². The third-order valence-corrected chi connectivity index (χ3v) is 4.06. The maximum absolute atomic E-state index is 11.3. The van der Waals surface area contributed by atoms with Crippen molar-refractivity contribution in [2.45, 2.75) is 12.8 Å². The normalized spacial score (nSPS) is 12.4. The van der Waals surface area contributed by atoms with Crippen LogP contribution in [-0.4, -0.2) is 21.7 Å². The van der Waals surface area contributed by atoms with Crippen LogP contribution in [0.15, 0.2) is 27.0 Å². The molecule has 17 heavy (non-hydrogen) atoms. The third kappa shape index (κ3) is 2.92. The molecule has 0 amide bonds. The molecule has 1 unspecified atom stereocenters. The molecule has 0 aliphatic heterocycles. The second kappa shape index (κ2) is 5.42. The smallest absolute Gasteiger partial charge is 0.280 e. The molecular formula is C10H11BrN4OS. The first-order valence-electron chi connectivity index (χ1n) is 5.05. The Kier molecular flexibility index (Phi) is 3.90. The van der Waals surface area contributed by atoms with Crippen molar-refractivity contribution in [3.8, 4) is 0 Å². The highest BCUT2D eigenvalue weighted by atomic mass is 79.9. The average molecular weight is 315 g/mol. The molecule has 7 heteroatoms. The van der Waals surface area contributed by atoms with Crippen molar-refractivity contribution in [2.75, 3.05) is 11.9 Å². The summed E-state index contributed by atoms with van der Waals surface area (Å²) in [6, 6.07) is 0. The van der Waals surface area contributed by atoms with E-state index in [0.717, 1.165) is 5.01 Å². The van der Waals surface area contributed by atoms with Crippen LogP contribution in [0.4, 0.5) is 5.69 Å². The standard InChI is InChI=1S/C10H11BrN4OS/c1-6(10-12-2-3-17-10)4-13-7-5-14-15-9(16)8(7)11/h2-3,5-6H,4H2,1H3,(H2,13,15,16). The first kappa shape index (κ1) is 12.3. The molecule has 0 fully saturated rings. The van der Waals surface area contributed by atoms with E-state index in [1.165, 1.54) is 0 Å². The fourth-order valence-electron chi connectivity index (χ4n) is 1.33. The molecule has 2 aromatic heterocycles. The van der Waals surface area contributed by atoms with E-state index >= 15 is 0 Å². The van der Waals surface area contributed by atoms with Crippen molar-refractivity contribution in [1.82, 2.24) is 15.2 Å². The van der Waals surface area contributed by atoms with E-state index in [9.17, 15) is 4.79 Å². The number of hydrogen-bond acceptors (Lipinski definition) is 5. The molecular weight excluding hydrogens is 304 g/mol. The maximum Gasteiger partial charge on any atom is 0.280 e. The summed E-state index contributed by atoms with van der Waals surface area (Å²) in [6.07, 6.45) is 3.38. The summed E-state index contributed by atoms with van der Waals surface area (Å²) in [4.78, 5) is 15.5. The summed E-state index contributed by atoms with van der Waals surface area (Å²) >= 11 is 4.85. The highest BCUT2D eigenvalue weighted by molar-refractivity contribution is 9.10. The van der Waals surface area contributed by atoms with Crippen molar-refractivity contribution in [3.05, 3.63) is 37.6 Å². The summed E-state index contributed by atoms with van der Waals surface area (Å²) in [5.74, 6) is 0.293. The summed E-state index contributed by atoms with van der Waals surface area (Å²) in [7, 11) is 0. The van der Waals surface area contributed by atoms with Gasteiger partial charge in [0.2, 0.25) is 0 Å². The lowest BCUT2D eigenvalue weighted by atomic mass is 10.2. The van der Waals surface area contributed by atoms with Gasteiger partial charge in [-0.1, -0.05) is 6.92 Å². The zero-order valence-corrected chi connectivity index (χ0v) is 11.5. The molecule has 0 spiro atoms. The number of nitrogens with zero attached hydrogens (tertiary/aromatic N) is 2. The zero-order chi connectivity index (χ0) is 12.3. The van der Waals surface area contributed by atoms with Gasteiger partial charge in [0.25, 0.3) is 5.56 Å². The van der Waals surface area contributed by atoms with Gasteiger partial charge >= 0.3 is 0 Å². The van der Waals surface area contributed by atoms with Crippen molar-refractivity contribution in [1.29, 1.82) is 0 Å². The van der Waals surface area contributed by atoms with Crippen LogP contribution in [0.2, 0.25) is 0 Å². The quantitative estimate of drug-likeness (QED) is 0.907. The third-order valence-electron chi connectivity index (χ3n) is 2.27. The van der Waals surface area contributed by atoms with Gasteiger partial charge in [0.1, 0.15) is 4.47 Å². The SMILES string of the molecule is CC(CNc1cn[nH]c(=O)c1Br)c1nccs1. The number of H-pyrrole nitrogens is 1. The lowest BCUT2D eigenvalue weighted by Gasteiger charge is -2.11. The van der Waals surface area contributed by atoms with E-state index < -0.39 is 0 Å². The number of aromatic amines is 1. The van der Waals surface area contributed by atoms with Gasteiger partial charge in [-0.05, 0) is 15.9 Å². The molecule has 2 aromatic rings. The molecule has 90 valence electrons. The summed E-state index contributed by atoms with van der Waals surface area (Å²) < 4.78 is 0.471. The van der Waals surface area contributed by atoms with Crippen LogP contribution in [-0.2, 0) is 0 Å². The van der Waals surface area contributed by atoms with Crippen molar-refractivity contribution in [2.24, 2.45) is 0 Å². The fraction of sp³-hybridized carbons (Fsp3) is 0.300. The first-order valence-corrected chi connectivity index (χ1v) is 6.72. The molecule has 2 N–H and O–H groups in total. The van der Waals surface area contributed by atoms with E-state index in [1.807, 2.05) is 5.38 Å². The van der Waals surface area contributed by atoms with Crippen molar-refractivity contribution in [3.63, 3.8) is 0 Å². The Bertz CT molecular complexity index is 539. The van der Waals surface area contributed by atoms with Gasteiger partial charge in [-0.2, -0.15) is 5.10 Å². The van der Waals surface area contributed by atoms with E-state index in [4.69, 9.17) is 0 Å². The Morgan fingerprint density at radius 2 is 2.47 bits per heavy atom. The van der Waals surface area contributed by atoms with Gasteiger partial charge in [0, 0.05) is 24.0 Å². The van der Waals surface area contributed by atoms with Gasteiger partial charge < -0.3 is 5.32 Å². The Balaban J connectivity index is 2.03. The van der Waals surface area contributed by atoms with Gasteiger partial charge in [0.05, 0.1) is 16.9 Å².